The second-order valence-electron chi connectivity index (χ2n) is 5.91. The minimum atomic E-state index is -0.497. The summed E-state index contributed by atoms with van der Waals surface area (Å²) in [4.78, 5) is 29.5. The molecule has 0 spiro atoms. The molecule has 21 heavy (non-hydrogen) atoms. The molecule has 0 bridgehead atoms. The van der Waals surface area contributed by atoms with Gasteiger partial charge in [-0.05, 0) is 31.4 Å². The van der Waals surface area contributed by atoms with E-state index in [9.17, 15) is 9.59 Å². The first-order chi connectivity index (χ1) is 9.91. The maximum Gasteiger partial charge on any atom is 0.363 e. The molecule has 1 unspecified atom stereocenters. The highest BCUT2D eigenvalue weighted by atomic mass is 16.7. The number of rotatable bonds is 5. The summed E-state index contributed by atoms with van der Waals surface area (Å²) in [5.41, 5.74) is 1.41. The lowest BCUT2D eigenvalue weighted by Crippen LogP contribution is -2.63. The van der Waals surface area contributed by atoms with E-state index in [0.29, 0.717) is 12.0 Å². The Kier molecular flexibility index (Phi) is 4.46. The van der Waals surface area contributed by atoms with E-state index in [0.717, 1.165) is 5.57 Å². The molecule has 1 aliphatic rings. The molecule has 0 saturated carbocycles. The summed E-state index contributed by atoms with van der Waals surface area (Å²) in [5, 5.41) is 1.23. The molecule has 2 rings (SSSR count). The van der Waals surface area contributed by atoms with Crippen molar-refractivity contribution in [3.63, 3.8) is 0 Å². The van der Waals surface area contributed by atoms with Crippen molar-refractivity contribution in [1.82, 2.24) is 5.06 Å². The van der Waals surface area contributed by atoms with Gasteiger partial charge >= 0.3 is 5.97 Å². The molecule has 1 aliphatic heterocycles. The minimum Gasteiger partial charge on any atom is -0.332 e. The van der Waals surface area contributed by atoms with Gasteiger partial charge in [-0.1, -0.05) is 37.6 Å². The molecule has 1 amide bonds. The average molecular weight is 287 g/mol. The Bertz CT molecular complexity index is 550. The van der Waals surface area contributed by atoms with E-state index in [2.05, 4.69) is 6.58 Å². The summed E-state index contributed by atoms with van der Waals surface area (Å²) < 4.78 is 0. The fourth-order valence-electron chi connectivity index (χ4n) is 2.68. The molecule has 0 aliphatic carbocycles. The van der Waals surface area contributed by atoms with Gasteiger partial charge in [0.05, 0.1) is 17.5 Å². The number of nitrogens with zero attached hydrogens (tertiary/aromatic N) is 1. The van der Waals surface area contributed by atoms with Gasteiger partial charge in [0.1, 0.15) is 0 Å². The summed E-state index contributed by atoms with van der Waals surface area (Å²) in [5.74, 6) is -0.550. The maximum atomic E-state index is 12.2. The van der Waals surface area contributed by atoms with Crippen molar-refractivity contribution in [2.45, 2.75) is 33.2 Å². The van der Waals surface area contributed by atoms with E-state index < -0.39 is 5.97 Å². The highest BCUT2D eigenvalue weighted by molar-refractivity contribution is 5.92. The van der Waals surface area contributed by atoms with Crippen LogP contribution in [0.25, 0.3) is 0 Å². The predicted octanol–water partition coefficient (Wildman–Crippen LogP) is 3.21. The van der Waals surface area contributed by atoms with Crippen LogP contribution in [0.4, 0.5) is 0 Å². The number of hydroxylamine groups is 2. The third-order valence-corrected chi connectivity index (χ3v) is 3.66. The van der Waals surface area contributed by atoms with Crippen molar-refractivity contribution in [3.8, 4) is 0 Å². The molecule has 0 aromatic heterocycles. The highest BCUT2D eigenvalue weighted by Crippen LogP contribution is 2.36. The van der Waals surface area contributed by atoms with E-state index in [1.54, 1.807) is 24.3 Å². The largest absolute Gasteiger partial charge is 0.363 e. The van der Waals surface area contributed by atoms with E-state index in [1.165, 1.54) is 5.06 Å². The van der Waals surface area contributed by atoms with Gasteiger partial charge in [-0.2, -0.15) is 5.06 Å². The molecular weight excluding hydrogens is 266 g/mol. The lowest BCUT2D eigenvalue weighted by atomic mass is 9.79. The molecule has 1 aromatic rings. The summed E-state index contributed by atoms with van der Waals surface area (Å²) >= 11 is 0. The molecule has 112 valence electrons. The van der Waals surface area contributed by atoms with Gasteiger partial charge in [0.2, 0.25) is 0 Å². The molecule has 0 N–H and O–H groups in total. The Morgan fingerprint density at radius 1 is 1.33 bits per heavy atom. The Morgan fingerprint density at radius 3 is 2.48 bits per heavy atom. The van der Waals surface area contributed by atoms with Gasteiger partial charge in [0, 0.05) is 0 Å². The van der Waals surface area contributed by atoms with Crippen LogP contribution in [0, 0.1) is 11.8 Å². The zero-order valence-corrected chi connectivity index (χ0v) is 12.7. The summed E-state index contributed by atoms with van der Waals surface area (Å²) in [7, 11) is 0. The SMILES string of the molecule is C=C(C)C[C@H]1C(=O)N(OC(=O)c2ccccc2)C1C(C)C. The van der Waals surface area contributed by atoms with E-state index in [1.807, 2.05) is 26.8 Å². The lowest BCUT2D eigenvalue weighted by molar-refractivity contribution is -0.225. The maximum absolute atomic E-state index is 12.2. The Hall–Kier alpha value is -2.10. The van der Waals surface area contributed by atoms with Crippen LogP contribution >= 0.6 is 0 Å². The van der Waals surface area contributed by atoms with Crippen molar-refractivity contribution in [1.29, 1.82) is 0 Å². The number of β-lactam (4-membered cyclic amide) rings is 1. The number of carbonyl (C=O) groups excluding carboxylic acids is 2. The molecule has 1 heterocycles. The van der Waals surface area contributed by atoms with Gasteiger partial charge in [0.25, 0.3) is 5.91 Å². The first-order valence-corrected chi connectivity index (χ1v) is 7.16. The molecule has 4 nitrogen and oxygen atoms in total. The van der Waals surface area contributed by atoms with Crippen molar-refractivity contribution < 1.29 is 14.4 Å². The van der Waals surface area contributed by atoms with Crippen molar-refractivity contribution in [3.05, 3.63) is 48.0 Å². The Labute approximate surface area is 125 Å². The number of amides is 1. The van der Waals surface area contributed by atoms with Crippen molar-refractivity contribution >= 4 is 11.9 Å². The van der Waals surface area contributed by atoms with Crippen molar-refractivity contribution in [2.75, 3.05) is 0 Å². The van der Waals surface area contributed by atoms with E-state index in [4.69, 9.17) is 4.84 Å². The molecular formula is C17H21NO3. The quantitative estimate of drug-likeness (QED) is 0.617. The highest BCUT2D eigenvalue weighted by Gasteiger charge is 2.51. The van der Waals surface area contributed by atoms with Gasteiger partial charge in [-0.15, -0.1) is 6.58 Å². The van der Waals surface area contributed by atoms with Crippen LogP contribution in [0.15, 0.2) is 42.5 Å². The van der Waals surface area contributed by atoms with Crippen LogP contribution in [0.3, 0.4) is 0 Å². The van der Waals surface area contributed by atoms with Crippen LogP contribution in [0.1, 0.15) is 37.6 Å². The zero-order valence-electron chi connectivity index (χ0n) is 12.7. The van der Waals surface area contributed by atoms with E-state index >= 15 is 0 Å². The molecule has 4 heteroatoms. The predicted molar refractivity (Wildman–Crippen MR) is 80.3 cm³/mol. The average Bonchev–Trinajstić information content (AvgIpc) is 2.45. The summed E-state index contributed by atoms with van der Waals surface area (Å²) in [6.07, 6.45) is 0.640. The van der Waals surface area contributed by atoms with Gasteiger partial charge < -0.3 is 4.84 Å². The molecule has 1 fully saturated rings. The molecule has 1 saturated heterocycles. The number of carbonyl (C=O) groups is 2. The fourth-order valence-corrected chi connectivity index (χ4v) is 2.68. The number of hydrogen-bond donors (Lipinski definition) is 0. The first kappa shape index (κ1) is 15.3. The third-order valence-electron chi connectivity index (χ3n) is 3.66. The van der Waals surface area contributed by atoms with E-state index in [-0.39, 0.29) is 23.8 Å². The van der Waals surface area contributed by atoms with Gasteiger partial charge in [0.15, 0.2) is 0 Å². The second kappa shape index (κ2) is 6.12. The van der Waals surface area contributed by atoms with Crippen LogP contribution in [0.2, 0.25) is 0 Å². The van der Waals surface area contributed by atoms with Gasteiger partial charge in [-0.25, -0.2) is 4.79 Å². The monoisotopic (exact) mass is 287 g/mol. The minimum absolute atomic E-state index is 0.0816. The third kappa shape index (κ3) is 3.15. The van der Waals surface area contributed by atoms with Gasteiger partial charge in [-0.3, -0.25) is 4.79 Å². The van der Waals surface area contributed by atoms with Crippen LogP contribution in [0.5, 0.6) is 0 Å². The Morgan fingerprint density at radius 2 is 1.95 bits per heavy atom. The van der Waals surface area contributed by atoms with Crippen LogP contribution in [-0.4, -0.2) is 23.0 Å². The number of allylic oxidation sites excluding steroid dienone is 1. The summed E-state index contributed by atoms with van der Waals surface area (Å²) in [6, 6.07) is 8.61. The Balaban J connectivity index is 2.08. The fraction of sp³-hybridized carbons (Fsp3) is 0.412. The lowest BCUT2D eigenvalue weighted by Gasteiger charge is -2.46. The number of hydrogen-bond acceptors (Lipinski definition) is 3. The van der Waals surface area contributed by atoms with Crippen LogP contribution < -0.4 is 0 Å². The standard InChI is InChI=1S/C17H21NO3/c1-11(2)10-14-15(12(3)4)18(16(14)19)21-17(20)13-8-6-5-7-9-13/h5-9,12,14-15H,1,10H2,2-4H3/t14-,15?/m1/s1. The first-order valence-electron chi connectivity index (χ1n) is 7.16. The van der Waals surface area contributed by atoms with Crippen LogP contribution in [-0.2, 0) is 9.63 Å². The zero-order chi connectivity index (χ0) is 15.6. The molecule has 1 aromatic carbocycles. The number of benzene rings is 1. The molecule has 2 atom stereocenters. The smallest absolute Gasteiger partial charge is 0.332 e. The molecule has 0 radical (unpaired) electrons. The normalized spacial score (nSPS) is 21.1. The van der Waals surface area contributed by atoms with Crippen molar-refractivity contribution in [2.24, 2.45) is 11.8 Å². The summed E-state index contributed by atoms with van der Waals surface area (Å²) in [6.45, 7) is 9.81. The topological polar surface area (TPSA) is 46.6 Å². The second-order valence-corrected chi connectivity index (χ2v) is 5.91.